The molecule has 1 unspecified atom stereocenters. The predicted molar refractivity (Wildman–Crippen MR) is 112 cm³/mol. The molecule has 8 nitrogen and oxygen atoms in total. The summed E-state index contributed by atoms with van der Waals surface area (Å²) in [5.74, 6) is -0.986. The molecule has 2 N–H and O–H groups in total. The largest absolute Gasteiger partial charge is 0.417 e. The standard InChI is InChI=1S/C22H20F3N5O3/c23-22(24,25)15-4-2-1-3-14(15)21(33)29-7-8-30-17(11-29)20(32)28-16-9-12(10-26-18(16)30)19(31)27-13-5-6-13/h1-4,9-10,13,17H,5-8,11H2,(H,27,31)(H,28,32). The van der Waals surface area contributed by atoms with Crippen LogP contribution in [0.3, 0.4) is 0 Å². The van der Waals surface area contributed by atoms with Crippen LogP contribution in [0.1, 0.15) is 39.1 Å². The highest BCUT2D eigenvalue weighted by molar-refractivity contribution is 6.06. The van der Waals surface area contributed by atoms with Gasteiger partial charge in [0.05, 0.1) is 28.9 Å². The number of halogens is 3. The van der Waals surface area contributed by atoms with Crippen LogP contribution in [-0.4, -0.2) is 59.3 Å². The van der Waals surface area contributed by atoms with Crippen LogP contribution in [0.25, 0.3) is 0 Å². The van der Waals surface area contributed by atoms with Crippen molar-refractivity contribution in [2.75, 3.05) is 29.9 Å². The van der Waals surface area contributed by atoms with Crippen molar-refractivity contribution in [3.8, 4) is 0 Å². The Morgan fingerprint density at radius 1 is 1.15 bits per heavy atom. The Morgan fingerprint density at radius 3 is 2.64 bits per heavy atom. The number of hydrogen-bond acceptors (Lipinski definition) is 5. The number of nitrogens with one attached hydrogen (secondary N) is 2. The summed E-state index contributed by atoms with van der Waals surface area (Å²) in [6.07, 6.45) is -1.34. The topological polar surface area (TPSA) is 94.6 Å². The zero-order valence-electron chi connectivity index (χ0n) is 17.4. The lowest BCUT2D eigenvalue weighted by atomic mass is 10.0. The molecule has 1 saturated heterocycles. The number of carbonyl (C=O) groups excluding carboxylic acids is 3. The first-order valence-electron chi connectivity index (χ1n) is 10.6. The molecule has 172 valence electrons. The summed E-state index contributed by atoms with van der Waals surface area (Å²) in [4.78, 5) is 45.3. The zero-order valence-corrected chi connectivity index (χ0v) is 17.4. The van der Waals surface area contributed by atoms with Crippen molar-refractivity contribution in [3.05, 3.63) is 53.2 Å². The molecule has 1 aromatic heterocycles. The summed E-state index contributed by atoms with van der Waals surface area (Å²) in [5, 5.41) is 5.58. The third-order valence-corrected chi connectivity index (χ3v) is 6.00. The van der Waals surface area contributed by atoms with Crippen LogP contribution in [0.4, 0.5) is 24.7 Å². The molecule has 1 aromatic carbocycles. The van der Waals surface area contributed by atoms with E-state index < -0.39 is 35.2 Å². The lowest BCUT2D eigenvalue weighted by molar-refractivity contribution is -0.138. The molecule has 2 aliphatic heterocycles. The molecule has 1 atom stereocenters. The van der Waals surface area contributed by atoms with Crippen molar-refractivity contribution < 1.29 is 27.6 Å². The van der Waals surface area contributed by atoms with E-state index in [1.165, 1.54) is 23.2 Å². The molecule has 11 heteroatoms. The molecule has 0 radical (unpaired) electrons. The van der Waals surface area contributed by atoms with Gasteiger partial charge in [-0.2, -0.15) is 13.2 Å². The van der Waals surface area contributed by atoms with Crippen LogP contribution >= 0.6 is 0 Å². The van der Waals surface area contributed by atoms with Gasteiger partial charge in [0.25, 0.3) is 11.8 Å². The number of nitrogens with zero attached hydrogens (tertiary/aromatic N) is 3. The molecular weight excluding hydrogens is 439 g/mol. The van der Waals surface area contributed by atoms with Crippen LogP contribution < -0.4 is 15.5 Å². The van der Waals surface area contributed by atoms with E-state index in [1.54, 1.807) is 11.0 Å². The van der Waals surface area contributed by atoms with Crippen molar-refractivity contribution in [3.63, 3.8) is 0 Å². The number of piperazine rings is 1. The fourth-order valence-electron chi connectivity index (χ4n) is 4.15. The number of pyridine rings is 1. The number of amides is 3. The second-order valence-electron chi connectivity index (χ2n) is 8.34. The molecule has 0 bridgehead atoms. The van der Waals surface area contributed by atoms with Crippen molar-refractivity contribution in [1.82, 2.24) is 15.2 Å². The molecular formula is C22H20F3N5O3. The Kier molecular flexibility index (Phi) is 4.98. The zero-order chi connectivity index (χ0) is 23.3. The maximum atomic E-state index is 13.4. The Bertz CT molecular complexity index is 1150. The number of aromatic nitrogens is 1. The summed E-state index contributed by atoms with van der Waals surface area (Å²) in [6, 6.07) is 5.56. The van der Waals surface area contributed by atoms with E-state index >= 15 is 0 Å². The highest BCUT2D eigenvalue weighted by Crippen LogP contribution is 2.35. The van der Waals surface area contributed by atoms with Crippen molar-refractivity contribution in [1.29, 1.82) is 0 Å². The third-order valence-electron chi connectivity index (χ3n) is 6.00. The first-order chi connectivity index (χ1) is 15.7. The summed E-state index contributed by atoms with van der Waals surface area (Å²) in [5.41, 5.74) is -0.729. The maximum Gasteiger partial charge on any atom is 0.417 e. The molecule has 3 aliphatic rings. The lowest BCUT2D eigenvalue weighted by Crippen LogP contribution is -2.61. The van der Waals surface area contributed by atoms with E-state index in [0.29, 0.717) is 17.1 Å². The molecule has 2 aromatic rings. The maximum absolute atomic E-state index is 13.4. The number of alkyl halides is 3. The van der Waals surface area contributed by atoms with E-state index in [9.17, 15) is 27.6 Å². The van der Waals surface area contributed by atoms with Gasteiger partial charge in [-0.05, 0) is 31.0 Å². The van der Waals surface area contributed by atoms with Crippen LogP contribution in [-0.2, 0) is 11.0 Å². The molecule has 33 heavy (non-hydrogen) atoms. The second-order valence-corrected chi connectivity index (χ2v) is 8.34. The van der Waals surface area contributed by atoms with E-state index in [4.69, 9.17) is 0 Å². The van der Waals surface area contributed by atoms with Gasteiger partial charge in [0.2, 0.25) is 5.91 Å². The normalized spacial score (nSPS) is 20.0. The first-order valence-corrected chi connectivity index (χ1v) is 10.6. The van der Waals surface area contributed by atoms with Gasteiger partial charge in [-0.1, -0.05) is 12.1 Å². The number of carbonyl (C=O) groups is 3. The Hall–Kier alpha value is -3.63. The molecule has 5 rings (SSSR count). The van der Waals surface area contributed by atoms with Gasteiger partial charge < -0.3 is 20.4 Å². The highest BCUT2D eigenvalue weighted by Gasteiger charge is 2.42. The molecule has 0 spiro atoms. The van der Waals surface area contributed by atoms with Crippen LogP contribution in [0.15, 0.2) is 36.5 Å². The average Bonchev–Trinajstić information content (AvgIpc) is 3.61. The molecule has 3 amide bonds. The summed E-state index contributed by atoms with van der Waals surface area (Å²) in [7, 11) is 0. The van der Waals surface area contributed by atoms with E-state index in [0.717, 1.165) is 25.0 Å². The molecule has 3 heterocycles. The van der Waals surface area contributed by atoms with Crippen LogP contribution in [0, 0.1) is 0 Å². The first kappa shape index (κ1) is 21.2. The smallest absolute Gasteiger partial charge is 0.349 e. The van der Waals surface area contributed by atoms with Crippen molar-refractivity contribution >= 4 is 29.2 Å². The fourth-order valence-corrected chi connectivity index (χ4v) is 4.15. The van der Waals surface area contributed by atoms with Gasteiger partial charge in [0, 0.05) is 25.3 Å². The molecule has 1 aliphatic carbocycles. The number of hydrogen-bond donors (Lipinski definition) is 2. The number of rotatable bonds is 3. The number of anilines is 2. The van der Waals surface area contributed by atoms with Gasteiger partial charge in [-0.25, -0.2) is 4.98 Å². The minimum absolute atomic E-state index is 0.0815. The van der Waals surface area contributed by atoms with Gasteiger partial charge in [0.15, 0.2) is 5.82 Å². The van der Waals surface area contributed by atoms with Crippen molar-refractivity contribution in [2.24, 2.45) is 0 Å². The summed E-state index contributed by atoms with van der Waals surface area (Å²) in [6.45, 7) is 0.257. The SMILES string of the molecule is O=C(NC1CC1)c1cnc2c(c1)NC(=O)C1CN(C(=O)c3ccccc3C(F)(F)F)CCN21. The van der Waals surface area contributed by atoms with Gasteiger partial charge in [-0.3, -0.25) is 14.4 Å². The quantitative estimate of drug-likeness (QED) is 0.735. The highest BCUT2D eigenvalue weighted by atomic mass is 19.4. The van der Waals surface area contributed by atoms with E-state index in [2.05, 4.69) is 15.6 Å². The molecule has 1 saturated carbocycles. The number of benzene rings is 1. The van der Waals surface area contributed by atoms with Gasteiger partial charge in [0.1, 0.15) is 6.04 Å². The second kappa shape index (κ2) is 7.75. The Balaban J connectivity index is 1.36. The van der Waals surface area contributed by atoms with Gasteiger partial charge in [-0.15, -0.1) is 0 Å². The lowest BCUT2D eigenvalue weighted by Gasteiger charge is -2.44. The van der Waals surface area contributed by atoms with Crippen LogP contribution in [0.5, 0.6) is 0 Å². The third kappa shape index (κ3) is 3.98. The Morgan fingerprint density at radius 2 is 1.91 bits per heavy atom. The summed E-state index contributed by atoms with van der Waals surface area (Å²) < 4.78 is 40.1. The van der Waals surface area contributed by atoms with Crippen LogP contribution in [0.2, 0.25) is 0 Å². The Labute approximate surface area is 186 Å². The van der Waals surface area contributed by atoms with E-state index in [-0.39, 0.29) is 31.6 Å². The van der Waals surface area contributed by atoms with Crippen molar-refractivity contribution in [2.45, 2.75) is 31.1 Å². The monoisotopic (exact) mass is 459 g/mol. The minimum Gasteiger partial charge on any atom is -0.349 e. The number of fused-ring (bicyclic) bond motifs is 3. The predicted octanol–water partition coefficient (Wildman–Crippen LogP) is 2.28. The fraction of sp³-hybridized carbons (Fsp3) is 0.364. The molecule has 2 fully saturated rings. The summed E-state index contributed by atoms with van der Waals surface area (Å²) >= 11 is 0. The van der Waals surface area contributed by atoms with Gasteiger partial charge >= 0.3 is 6.18 Å². The van der Waals surface area contributed by atoms with E-state index in [1.807, 2.05) is 0 Å². The average molecular weight is 459 g/mol. The minimum atomic E-state index is -4.66.